The Morgan fingerprint density at radius 1 is 1.00 bits per heavy atom. The summed E-state index contributed by atoms with van der Waals surface area (Å²) in [5.41, 5.74) is 5.90. The number of nitrogens with zero attached hydrogens (tertiary/aromatic N) is 4. The van der Waals surface area contributed by atoms with Crippen molar-refractivity contribution in [2.75, 3.05) is 32.2 Å². The number of aromatic nitrogens is 3. The SMILES string of the molecule is CCCCCCCCCCCCCCCCOCCCOP(=O)(O)OC[C@]1(C#N)CC[C@H](c2ccc3c(N)ncnn23)O1. The van der Waals surface area contributed by atoms with Crippen molar-refractivity contribution in [1.82, 2.24) is 14.6 Å². The maximum atomic E-state index is 12.4. The second-order valence-electron chi connectivity index (χ2n) is 11.6. The van der Waals surface area contributed by atoms with Crippen molar-refractivity contribution >= 4 is 19.2 Å². The zero-order chi connectivity index (χ0) is 30.8. The molecule has 0 amide bonds. The molecule has 0 aliphatic carbocycles. The standard InChI is InChI=1S/C31H52N5O6P/c1-2-3-4-5-6-7-8-9-10-11-12-13-14-15-21-39-22-16-23-40-43(37,38)41-25-31(24-32)20-19-29(42-31)27-17-18-28-30(33)34-26-35-36(27)28/h17-18,26,29H,2-16,19-23,25H2,1H3,(H,37,38)(H2,33,34,35)/t29-,31-/m1/s1. The van der Waals surface area contributed by atoms with E-state index < -0.39 is 19.5 Å². The molecule has 1 aliphatic heterocycles. The molecule has 0 aromatic carbocycles. The van der Waals surface area contributed by atoms with Crippen molar-refractivity contribution in [1.29, 1.82) is 5.26 Å². The molecule has 43 heavy (non-hydrogen) atoms. The van der Waals surface area contributed by atoms with E-state index in [1.54, 1.807) is 10.6 Å². The first kappa shape index (κ1) is 35.4. The number of hydrogen-bond acceptors (Lipinski definition) is 9. The number of phosphoric ester groups is 1. The van der Waals surface area contributed by atoms with Gasteiger partial charge in [0.1, 0.15) is 30.6 Å². The van der Waals surface area contributed by atoms with E-state index in [0.717, 1.165) is 12.1 Å². The minimum absolute atomic E-state index is 0.0207. The van der Waals surface area contributed by atoms with Crippen LogP contribution in [0.3, 0.4) is 0 Å². The van der Waals surface area contributed by atoms with Gasteiger partial charge in [-0.05, 0) is 37.8 Å². The number of hydrogen-bond donors (Lipinski definition) is 2. The van der Waals surface area contributed by atoms with E-state index in [2.05, 4.69) is 23.1 Å². The first-order valence-corrected chi connectivity index (χ1v) is 17.8. The fourth-order valence-electron chi connectivity index (χ4n) is 5.46. The molecular weight excluding hydrogens is 569 g/mol. The van der Waals surface area contributed by atoms with Crippen LogP contribution < -0.4 is 5.73 Å². The number of rotatable bonds is 24. The highest BCUT2D eigenvalue weighted by molar-refractivity contribution is 7.47. The first-order valence-electron chi connectivity index (χ1n) is 16.3. The van der Waals surface area contributed by atoms with Crippen LogP contribution in [0.15, 0.2) is 18.5 Å². The van der Waals surface area contributed by atoms with Crippen LogP contribution in [-0.2, 0) is 23.1 Å². The highest BCUT2D eigenvalue weighted by atomic mass is 31.2. The van der Waals surface area contributed by atoms with Crippen molar-refractivity contribution in [2.24, 2.45) is 0 Å². The third-order valence-electron chi connectivity index (χ3n) is 8.01. The molecule has 0 bridgehead atoms. The maximum Gasteiger partial charge on any atom is 0.472 e. The van der Waals surface area contributed by atoms with Crippen LogP contribution in [0.25, 0.3) is 5.52 Å². The van der Waals surface area contributed by atoms with Gasteiger partial charge in [0.15, 0.2) is 11.4 Å². The number of unbranched alkanes of at least 4 members (excludes halogenated alkanes) is 13. The number of ether oxygens (including phenoxy) is 2. The second kappa shape index (κ2) is 19.4. The van der Waals surface area contributed by atoms with E-state index in [-0.39, 0.29) is 13.2 Å². The van der Waals surface area contributed by atoms with Gasteiger partial charge in [-0.25, -0.2) is 14.1 Å². The van der Waals surface area contributed by atoms with E-state index in [9.17, 15) is 14.7 Å². The van der Waals surface area contributed by atoms with Crippen LogP contribution in [0.1, 0.15) is 128 Å². The molecule has 1 saturated heterocycles. The summed E-state index contributed by atoms with van der Waals surface area (Å²) in [6.07, 6.45) is 20.7. The van der Waals surface area contributed by atoms with Crippen molar-refractivity contribution in [3.8, 4) is 6.07 Å². The summed E-state index contributed by atoms with van der Waals surface area (Å²) in [6, 6.07) is 5.72. The average molecular weight is 622 g/mol. The Labute approximate surface area is 257 Å². The van der Waals surface area contributed by atoms with Gasteiger partial charge in [0.25, 0.3) is 0 Å². The highest BCUT2D eigenvalue weighted by Crippen LogP contribution is 2.47. The fraction of sp³-hybridized carbons (Fsp3) is 0.774. The van der Waals surface area contributed by atoms with Crippen molar-refractivity contribution in [3.05, 3.63) is 24.2 Å². The number of anilines is 1. The lowest BCUT2D eigenvalue weighted by atomic mass is 10.0. The zero-order valence-corrected chi connectivity index (χ0v) is 26.9. The molecule has 11 nitrogen and oxygen atoms in total. The van der Waals surface area contributed by atoms with Crippen LogP contribution in [-0.4, -0.2) is 51.5 Å². The van der Waals surface area contributed by atoms with Crippen LogP contribution in [0.5, 0.6) is 0 Å². The molecule has 1 fully saturated rings. The third-order valence-corrected chi connectivity index (χ3v) is 8.98. The van der Waals surface area contributed by atoms with Gasteiger partial charge in [-0.2, -0.15) is 10.4 Å². The number of nitrogen functional groups attached to an aromatic ring is 1. The normalized spacial score (nSPS) is 20.0. The Morgan fingerprint density at radius 2 is 1.63 bits per heavy atom. The van der Waals surface area contributed by atoms with Gasteiger partial charge in [0, 0.05) is 13.2 Å². The lowest BCUT2D eigenvalue weighted by Gasteiger charge is -2.23. The number of nitrogens with two attached hydrogens (primary N) is 1. The predicted molar refractivity (Wildman–Crippen MR) is 166 cm³/mol. The quantitative estimate of drug-likeness (QED) is 0.0892. The molecule has 0 spiro atoms. The van der Waals surface area contributed by atoms with Crippen molar-refractivity contribution in [3.63, 3.8) is 0 Å². The Morgan fingerprint density at radius 3 is 2.28 bits per heavy atom. The van der Waals surface area contributed by atoms with Crippen LogP contribution in [0.2, 0.25) is 0 Å². The smallest absolute Gasteiger partial charge is 0.382 e. The zero-order valence-electron chi connectivity index (χ0n) is 26.0. The molecule has 2 aromatic heterocycles. The highest BCUT2D eigenvalue weighted by Gasteiger charge is 2.44. The Balaban J connectivity index is 1.18. The van der Waals surface area contributed by atoms with Crippen LogP contribution >= 0.6 is 7.82 Å². The van der Waals surface area contributed by atoms with E-state index in [1.165, 1.54) is 89.8 Å². The van der Waals surface area contributed by atoms with Gasteiger partial charge in [-0.1, -0.05) is 90.4 Å². The predicted octanol–water partition coefficient (Wildman–Crippen LogP) is 7.45. The topological polar surface area (TPSA) is 154 Å². The monoisotopic (exact) mass is 621 g/mol. The fourth-order valence-corrected chi connectivity index (χ4v) is 6.27. The second-order valence-corrected chi connectivity index (χ2v) is 13.0. The summed E-state index contributed by atoms with van der Waals surface area (Å²) >= 11 is 0. The van der Waals surface area contributed by atoms with E-state index >= 15 is 0 Å². The Bertz CT molecular complexity index is 1160. The van der Waals surface area contributed by atoms with Gasteiger partial charge in [0.05, 0.1) is 12.3 Å². The summed E-state index contributed by atoms with van der Waals surface area (Å²) in [7, 11) is -4.35. The molecular formula is C31H52N5O6P. The first-order chi connectivity index (χ1) is 20.9. The molecule has 3 N–H and O–H groups in total. The molecule has 1 aliphatic rings. The van der Waals surface area contributed by atoms with Crippen molar-refractivity contribution < 1.29 is 28.0 Å². The lowest BCUT2D eigenvalue weighted by Crippen LogP contribution is -2.32. The summed E-state index contributed by atoms with van der Waals surface area (Å²) in [5, 5.41) is 14.0. The maximum absolute atomic E-state index is 12.4. The van der Waals surface area contributed by atoms with Crippen LogP contribution in [0, 0.1) is 11.3 Å². The van der Waals surface area contributed by atoms with Gasteiger partial charge in [0.2, 0.25) is 0 Å². The number of phosphoric acid groups is 1. The number of nitriles is 1. The average Bonchev–Trinajstić information content (AvgIpc) is 3.63. The molecule has 0 radical (unpaired) electrons. The van der Waals surface area contributed by atoms with E-state index in [1.807, 2.05) is 6.07 Å². The Hall–Kier alpha value is -2.06. The minimum Gasteiger partial charge on any atom is -0.382 e. The molecule has 1 unspecified atom stereocenters. The molecule has 0 saturated carbocycles. The van der Waals surface area contributed by atoms with Crippen LogP contribution in [0.4, 0.5) is 5.82 Å². The molecule has 242 valence electrons. The largest absolute Gasteiger partial charge is 0.472 e. The number of fused-ring (bicyclic) bond motifs is 1. The third kappa shape index (κ3) is 12.5. The molecule has 3 rings (SSSR count). The molecule has 2 aromatic rings. The Kier molecular flexibility index (Phi) is 15.9. The summed E-state index contributed by atoms with van der Waals surface area (Å²) < 4.78 is 35.9. The summed E-state index contributed by atoms with van der Waals surface area (Å²) in [4.78, 5) is 14.1. The van der Waals surface area contributed by atoms with Gasteiger partial charge < -0.3 is 20.1 Å². The van der Waals surface area contributed by atoms with E-state index in [0.29, 0.717) is 43.8 Å². The van der Waals surface area contributed by atoms with Crippen molar-refractivity contribution in [2.45, 2.75) is 128 Å². The summed E-state index contributed by atoms with van der Waals surface area (Å²) in [6.45, 7) is 3.03. The molecule has 12 heteroatoms. The van der Waals surface area contributed by atoms with Gasteiger partial charge in [-0.3, -0.25) is 9.05 Å². The van der Waals surface area contributed by atoms with Gasteiger partial charge in [-0.15, -0.1) is 0 Å². The minimum atomic E-state index is -4.35. The van der Waals surface area contributed by atoms with Gasteiger partial charge >= 0.3 is 7.82 Å². The lowest BCUT2D eigenvalue weighted by molar-refractivity contribution is -0.0399. The molecule has 3 atom stereocenters. The molecule has 3 heterocycles. The van der Waals surface area contributed by atoms with E-state index in [4.69, 9.17) is 24.3 Å². The summed E-state index contributed by atoms with van der Waals surface area (Å²) in [5.74, 6) is 0.340.